The predicted molar refractivity (Wildman–Crippen MR) is 84.9 cm³/mol. The Morgan fingerprint density at radius 2 is 2.18 bits per heavy atom. The molecular weight excluding hydrogens is 326 g/mol. The number of carbonyl (C=O) groups is 1. The average molecular weight is 340 g/mol. The second-order valence-corrected chi connectivity index (χ2v) is 6.10. The summed E-state index contributed by atoms with van der Waals surface area (Å²) < 4.78 is 0. The maximum absolute atomic E-state index is 12.2. The van der Waals surface area contributed by atoms with Gasteiger partial charge in [0.05, 0.1) is 0 Å². The summed E-state index contributed by atoms with van der Waals surface area (Å²) in [6, 6.07) is 0. The molecule has 1 amide bonds. The van der Waals surface area contributed by atoms with Gasteiger partial charge in [-0.15, -0.1) is 10.2 Å². The zero-order chi connectivity index (χ0) is 15.5. The molecule has 3 rings (SSSR count). The molecule has 22 heavy (non-hydrogen) atoms. The molecule has 2 aromatic rings. The van der Waals surface area contributed by atoms with Gasteiger partial charge in [0.1, 0.15) is 22.7 Å². The van der Waals surface area contributed by atoms with Crippen molar-refractivity contribution in [2.75, 3.05) is 29.0 Å². The molecule has 0 bridgehead atoms. The van der Waals surface area contributed by atoms with Crippen LogP contribution >= 0.6 is 22.9 Å². The van der Waals surface area contributed by atoms with E-state index in [1.54, 1.807) is 5.51 Å². The lowest BCUT2D eigenvalue weighted by atomic mass is 9.96. The highest BCUT2D eigenvalue weighted by atomic mass is 35.5. The van der Waals surface area contributed by atoms with Crippen LogP contribution in [0.5, 0.6) is 0 Å². The molecule has 0 atom stereocenters. The van der Waals surface area contributed by atoms with Gasteiger partial charge in [-0.05, 0) is 12.8 Å². The largest absolute Gasteiger partial charge is 0.382 e. The van der Waals surface area contributed by atoms with Gasteiger partial charge in [0.25, 0.3) is 0 Å². The lowest BCUT2D eigenvalue weighted by Gasteiger charge is -2.32. The van der Waals surface area contributed by atoms with Crippen LogP contribution in [0.3, 0.4) is 0 Å². The molecule has 3 N–H and O–H groups in total. The fourth-order valence-corrected chi connectivity index (χ4v) is 3.05. The summed E-state index contributed by atoms with van der Waals surface area (Å²) >= 11 is 7.44. The second kappa shape index (κ2) is 6.41. The topological polar surface area (TPSA) is 110 Å². The minimum Gasteiger partial charge on any atom is -0.382 e. The van der Waals surface area contributed by atoms with Gasteiger partial charge in [-0.3, -0.25) is 4.79 Å². The van der Waals surface area contributed by atoms with Crippen molar-refractivity contribution in [2.45, 2.75) is 12.8 Å². The maximum atomic E-state index is 12.2. The van der Waals surface area contributed by atoms with E-state index in [9.17, 15) is 4.79 Å². The van der Waals surface area contributed by atoms with Crippen LogP contribution in [-0.2, 0) is 4.79 Å². The number of nitrogen functional groups attached to an aromatic ring is 1. The fourth-order valence-electron chi connectivity index (χ4n) is 2.38. The van der Waals surface area contributed by atoms with Crippen molar-refractivity contribution in [1.29, 1.82) is 0 Å². The number of rotatable bonds is 3. The Hall–Kier alpha value is -2.00. The standard InChI is InChI=1S/C12H14ClN7OS/c13-8-9(14)15-5-16-10(8)20-3-1-7(2-4-20)11(21)18-12-19-17-6-22-12/h5-7H,1-4H2,(H2,14,15,16)(H,18,19,21). The zero-order valence-electron chi connectivity index (χ0n) is 11.6. The van der Waals surface area contributed by atoms with Gasteiger partial charge in [0.15, 0.2) is 5.82 Å². The molecule has 0 radical (unpaired) electrons. The second-order valence-electron chi connectivity index (χ2n) is 4.89. The monoisotopic (exact) mass is 339 g/mol. The number of aromatic nitrogens is 4. The number of nitrogens with two attached hydrogens (primary N) is 1. The molecule has 2 aromatic heterocycles. The molecule has 1 aliphatic heterocycles. The van der Waals surface area contributed by atoms with Gasteiger partial charge >= 0.3 is 0 Å². The minimum atomic E-state index is -0.0573. The molecule has 0 aliphatic carbocycles. The normalized spacial score (nSPS) is 15.8. The molecule has 0 aromatic carbocycles. The van der Waals surface area contributed by atoms with Gasteiger partial charge in [-0.25, -0.2) is 9.97 Å². The predicted octanol–water partition coefficient (Wildman–Crippen LogP) is 1.42. The van der Waals surface area contributed by atoms with Crippen LogP contribution in [0, 0.1) is 5.92 Å². The number of halogens is 1. The lowest BCUT2D eigenvalue weighted by Crippen LogP contribution is -2.38. The van der Waals surface area contributed by atoms with Crippen LogP contribution in [0.2, 0.25) is 5.02 Å². The van der Waals surface area contributed by atoms with E-state index in [2.05, 4.69) is 25.5 Å². The smallest absolute Gasteiger partial charge is 0.229 e. The fraction of sp³-hybridized carbons (Fsp3) is 0.417. The Balaban J connectivity index is 1.60. The van der Waals surface area contributed by atoms with Crippen LogP contribution < -0.4 is 16.0 Å². The molecular formula is C12H14ClN7OS. The van der Waals surface area contributed by atoms with Crippen LogP contribution in [0.4, 0.5) is 16.8 Å². The zero-order valence-corrected chi connectivity index (χ0v) is 13.1. The quantitative estimate of drug-likeness (QED) is 0.870. The molecule has 0 saturated carbocycles. The Labute approximate surface area is 135 Å². The van der Waals surface area contributed by atoms with Crippen LogP contribution in [0.1, 0.15) is 12.8 Å². The van der Waals surface area contributed by atoms with E-state index >= 15 is 0 Å². The summed E-state index contributed by atoms with van der Waals surface area (Å²) in [5, 5.41) is 11.2. The van der Waals surface area contributed by atoms with E-state index in [0.717, 1.165) is 0 Å². The summed E-state index contributed by atoms with van der Waals surface area (Å²) in [5.41, 5.74) is 7.28. The number of nitrogens with zero attached hydrogens (tertiary/aromatic N) is 5. The van der Waals surface area contributed by atoms with Gasteiger partial charge in [0, 0.05) is 19.0 Å². The summed E-state index contributed by atoms with van der Waals surface area (Å²) in [4.78, 5) is 22.2. The molecule has 8 nitrogen and oxygen atoms in total. The van der Waals surface area contributed by atoms with E-state index in [-0.39, 0.29) is 17.6 Å². The molecule has 1 fully saturated rings. The number of anilines is 3. The van der Waals surface area contributed by atoms with Crippen molar-refractivity contribution < 1.29 is 4.79 Å². The van der Waals surface area contributed by atoms with E-state index in [1.165, 1.54) is 17.7 Å². The van der Waals surface area contributed by atoms with Crippen LogP contribution in [0.25, 0.3) is 0 Å². The third-order valence-electron chi connectivity index (χ3n) is 3.55. The summed E-state index contributed by atoms with van der Waals surface area (Å²) in [7, 11) is 0. The van der Waals surface area contributed by atoms with E-state index in [1.807, 2.05) is 4.90 Å². The lowest BCUT2D eigenvalue weighted by molar-refractivity contribution is -0.120. The van der Waals surface area contributed by atoms with Crippen molar-refractivity contribution in [2.24, 2.45) is 5.92 Å². The first-order chi connectivity index (χ1) is 10.6. The van der Waals surface area contributed by atoms with Gasteiger partial charge < -0.3 is 16.0 Å². The summed E-state index contributed by atoms with van der Waals surface area (Å²) in [5.74, 6) is 0.808. The Bertz CT molecular complexity index is 657. The van der Waals surface area contributed by atoms with Crippen molar-refractivity contribution >= 4 is 45.6 Å². The number of hydrogen-bond donors (Lipinski definition) is 2. The van der Waals surface area contributed by atoms with Crippen LogP contribution in [-0.4, -0.2) is 39.2 Å². The van der Waals surface area contributed by atoms with E-state index < -0.39 is 0 Å². The highest BCUT2D eigenvalue weighted by Gasteiger charge is 2.27. The molecule has 0 spiro atoms. The Morgan fingerprint density at radius 1 is 1.41 bits per heavy atom. The number of hydrogen-bond acceptors (Lipinski definition) is 8. The van der Waals surface area contributed by atoms with Crippen molar-refractivity contribution in [3.8, 4) is 0 Å². The van der Waals surface area contributed by atoms with Gasteiger partial charge in [-0.2, -0.15) is 0 Å². The molecule has 1 aliphatic rings. The summed E-state index contributed by atoms with van der Waals surface area (Å²) in [6.07, 6.45) is 2.82. The highest BCUT2D eigenvalue weighted by molar-refractivity contribution is 7.13. The average Bonchev–Trinajstić information content (AvgIpc) is 3.03. The third kappa shape index (κ3) is 3.09. The van der Waals surface area contributed by atoms with E-state index in [0.29, 0.717) is 41.9 Å². The maximum Gasteiger partial charge on any atom is 0.229 e. The molecule has 116 valence electrons. The van der Waals surface area contributed by atoms with E-state index in [4.69, 9.17) is 17.3 Å². The van der Waals surface area contributed by atoms with Crippen molar-refractivity contribution in [3.05, 3.63) is 16.9 Å². The third-order valence-corrected chi connectivity index (χ3v) is 4.52. The highest BCUT2D eigenvalue weighted by Crippen LogP contribution is 2.30. The van der Waals surface area contributed by atoms with Gasteiger partial charge in [-0.1, -0.05) is 22.9 Å². The van der Waals surface area contributed by atoms with Crippen molar-refractivity contribution in [3.63, 3.8) is 0 Å². The van der Waals surface area contributed by atoms with Crippen LogP contribution in [0.15, 0.2) is 11.8 Å². The Kier molecular flexibility index (Phi) is 4.34. The SMILES string of the molecule is Nc1ncnc(N2CCC(C(=O)Nc3nncs3)CC2)c1Cl. The Morgan fingerprint density at radius 3 is 2.86 bits per heavy atom. The minimum absolute atomic E-state index is 0.0234. The molecule has 0 unspecified atom stereocenters. The first kappa shape index (κ1) is 14.9. The number of amides is 1. The first-order valence-corrected chi connectivity index (χ1v) is 7.99. The first-order valence-electron chi connectivity index (χ1n) is 6.73. The number of piperidine rings is 1. The molecule has 10 heteroatoms. The number of nitrogens with one attached hydrogen (secondary N) is 1. The summed E-state index contributed by atoms with van der Waals surface area (Å²) in [6.45, 7) is 1.37. The number of carbonyl (C=O) groups excluding carboxylic acids is 1. The molecule has 1 saturated heterocycles. The van der Waals surface area contributed by atoms with Gasteiger partial charge in [0.2, 0.25) is 11.0 Å². The van der Waals surface area contributed by atoms with Crippen molar-refractivity contribution in [1.82, 2.24) is 20.2 Å². The molecule has 3 heterocycles.